The summed E-state index contributed by atoms with van der Waals surface area (Å²) in [6.45, 7) is 5.18. The van der Waals surface area contributed by atoms with Crippen molar-refractivity contribution in [2.24, 2.45) is 5.92 Å². The molecule has 2 aliphatic carbocycles. The van der Waals surface area contributed by atoms with E-state index < -0.39 is 5.41 Å². The fraction of sp³-hybridized carbons (Fsp3) is 0.550. The maximum atomic E-state index is 13.0. The molecule has 1 aromatic rings. The molecular formula is C20H28NO2+. The highest BCUT2D eigenvalue weighted by Crippen LogP contribution is 2.44. The van der Waals surface area contributed by atoms with Crippen molar-refractivity contribution in [3.63, 3.8) is 0 Å². The van der Waals surface area contributed by atoms with Crippen LogP contribution >= 0.6 is 0 Å². The quantitative estimate of drug-likeness (QED) is 0.648. The molecule has 2 saturated carbocycles. The van der Waals surface area contributed by atoms with Gasteiger partial charge in [0.2, 0.25) is 0 Å². The number of esters is 1. The van der Waals surface area contributed by atoms with Gasteiger partial charge in [0.1, 0.15) is 6.10 Å². The van der Waals surface area contributed by atoms with Crippen LogP contribution in [0.15, 0.2) is 42.5 Å². The topological polar surface area (TPSA) is 42.9 Å². The molecule has 0 saturated heterocycles. The van der Waals surface area contributed by atoms with Gasteiger partial charge in [0.25, 0.3) is 0 Å². The zero-order valence-corrected chi connectivity index (χ0v) is 14.1. The van der Waals surface area contributed by atoms with Crippen LogP contribution in [0, 0.1) is 5.92 Å². The second kappa shape index (κ2) is 6.88. The number of ether oxygens (including phenoxy) is 1. The summed E-state index contributed by atoms with van der Waals surface area (Å²) in [6.07, 6.45) is 5.96. The van der Waals surface area contributed by atoms with Crippen LogP contribution in [0.25, 0.3) is 0 Å². The molecule has 2 N–H and O–H groups in total. The Morgan fingerprint density at radius 3 is 2.61 bits per heavy atom. The summed E-state index contributed by atoms with van der Waals surface area (Å²) in [5.41, 5.74) is 1.95. The van der Waals surface area contributed by atoms with Crippen molar-refractivity contribution in [3.05, 3.63) is 48.0 Å². The van der Waals surface area contributed by atoms with E-state index in [1.807, 2.05) is 18.2 Å². The highest BCUT2D eigenvalue weighted by atomic mass is 16.5. The smallest absolute Gasteiger partial charge is 0.316 e. The van der Waals surface area contributed by atoms with Gasteiger partial charge in [-0.15, -0.1) is 0 Å². The van der Waals surface area contributed by atoms with Crippen molar-refractivity contribution in [3.8, 4) is 0 Å². The van der Waals surface area contributed by atoms with Gasteiger partial charge in [-0.1, -0.05) is 55.3 Å². The van der Waals surface area contributed by atoms with Gasteiger partial charge in [-0.2, -0.15) is 0 Å². The lowest BCUT2D eigenvalue weighted by atomic mass is 9.74. The summed E-state index contributed by atoms with van der Waals surface area (Å²) >= 11 is 0. The predicted molar refractivity (Wildman–Crippen MR) is 91.0 cm³/mol. The number of carbonyl (C=O) groups excluding carboxylic acids is 1. The summed E-state index contributed by atoms with van der Waals surface area (Å²) in [6, 6.07) is 10.2. The molecule has 2 fully saturated rings. The molecule has 3 heteroatoms. The van der Waals surface area contributed by atoms with Crippen molar-refractivity contribution in [2.75, 3.05) is 13.6 Å². The van der Waals surface area contributed by atoms with E-state index in [0.717, 1.165) is 50.6 Å². The molecule has 0 amide bonds. The minimum absolute atomic E-state index is 0.0100. The van der Waals surface area contributed by atoms with Crippen molar-refractivity contribution in [1.29, 1.82) is 0 Å². The van der Waals surface area contributed by atoms with Crippen LogP contribution in [0.4, 0.5) is 0 Å². The van der Waals surface area contributed by atoms with Crippen LogP contribution in [0.2, 0.25) is 0 Å². The lowest BCUT2D eigenvalue weighted by Gasteiger charge is -2.40. The minimum atomic E-state index is -0.417. The van der Waals surface area contributed by atoms with E-state index in [1.54, 1.807) is 0 Å². The number of benzene rings is 1. The zero-order valence-electron chi connectivity index (χ0n) is 14.1. The normalized spacial score (nSPS) is 25.9. The third-order valence-electron chi connectivity index (χ3n) is 5.64. The molecule has 3 rings (SSSR count). The Morgan fingerprint density at radius 1 is 1.30 bits per heavy atom. The summed E-state index contributed by atoms with van der Waals surface area (Å²) in [4.78, 5) is 13.0. The Bertz CT molecular complexity index is 560. The molecule has 0 aromatic heterocycles. The molecule has 124 valence electrons. The van der Waals surface area contributed by atoms with E-state index in [2.05, 4.69) is 31.1 Å². The molecule has 0 aliphatic heterocycles. The van der Waals surface area contributed by atoms with Gasteiger partial charge in [0.15, 0.2) is 0 Å². The second-order valence-corrected chi connectivity index (χ2v) is 7.05. The van der Waals surface area contributed by atoms with Crippen LogP contribution in [0.3, 0.4) is 0 Å². The van der Waals surface area contributed by atoms with Gasteiger partial charge in [0, 0.05) is 18.8 Å². The fourth-order valence-corrected chi connectivity index (χ4v) is 4.11. The lowest BCUT2D eigenvalue weighted by molar-refractivity contribution is -0.628. The molecule has 2 aliphatic rings. The van der Waals surface area contributed by atoms with Gasteiger partial charge >= 0.3 is 5.97 Å². The number of nitrogens with two attached hydrogens (primary N) is 1. The molecule has 0 bridgehead atoms. The van der Waals surface area contributed by atoms with E-state index in [4.69, 9.17) is 4.74 Å². The van der Waals surface area contributed by atoms with Crippen molar-refractivity contribution >= 4 is 5.97 Å². The fourth-order valence-electron chi connectivity index (χ4n) is 4.11. The molecule has 0 spiro atoms. The second-order valence-electron chi connectivity index (χ2n) is 7.05. The number of hydrogen-bond donors (Lipinski definition) is 1. The van der Waals surface area contributed by atoms with Crippen molar-refractivity contribution in [2.45, 2.75) is 50.0 Å². The molecule has 3 nitrogen and oxygen atoms in total. The van der Waals surface area contributed by atoms with E-state index in [1.165, 1.54) is 5.57 Å². The van der Waals surface area contributed by atoms with E-state index in [0.29, 0.717) is 5.92 Å². The standard InChI is InChI=1S/C20H27NO2/c1-15-14-18(17(15)10-13-21-2)23-19(22)20(11-6-7-12-20)16-8-4-3-5-9-16/h3-5,8-9,17-18,21H,1,6-7,10-14H2,2H3/p+1. The first-order chi connectivity index (χ1) is 11.2. The minimum Gasteiger partial charge on any atom is -0.461 e. The summed E-state index contributed by atoms with van der Waals surface area (Å²) in [7, 11) is 2.07. The van der Waals surface area contributed by atoms with Crippen LogP contribution in [-0.4, -0.2) is 25.7 Å². The van der Waals surface area contributed by atoms with Gasteiger partial charge in [-0.05, 0) is 18.4 Å². The maximum Gasteiger partial charge on any atom is 0.316 e. The summed E-state index contributed by atoms with van der Waals surface area (Å²) in [5, 5.41) is 2.17. The van der Waals surface area contributed by atoms with Crippen molar-refractivity contribution in [1.82, 2.24) is 0 Å². The van der Waals surface area contributed by atoms with Gasteiger partial charge in [-0.3, -0.25) is 4.79 Å². The number of hydrogen-bond acceptors (Lipinski definition) is 2. The van der Waals surface area contributed by atoms with Crippen LogP contribution < -0.4 is 5.32 Å². The molecule has 23 heavy (non-hydrogen) atoms. The monoisotopic (exact) mass is 314 g/mol. The maximum absolute atomic E-state index is 13.0. The largest absolute Gasteiger partial charge is 0.461 e. The predicted octanol–water partition coefficient (Wildman–Crippen LogP) is 2.57. The average molecular weight is 314 g/mol. The van der Waals surface area contributed by atoms with E-state index in [9.17, 15) is 4.79 Å². The first-order valence-electron chi connectivity index (χ1n) is 8.89. The first-order valence-corrected chi connectivity index (χ1v) is 8.89. The summed E-state index contributed by atoms with van der Waals surface area (Å²) in [5.74, 6) is 0.341. The molecular weight excluding hydrogens is 286 g/mol. The van der Waals surface area contributed by atoms with Crippen molar-refractivity contribution < 1.29 is 14.8 Å². The first kappa shape index (κ1) is 16.3. The SMILES string of the molecule is C=C1CC(OC(=O)C2(c3ccccc3)CCCC2)C1CC[NH2+]C. The molecule has 0 heterocycles. The Labute approximate surface area is 139 Å². The molecule has 2 atom stereocenters. The van der Waals surface area contributed by atoms with Crippen LogP contribution in [0.5, 0.6) is 0 Å². The van der Waals surface area contributed by atoms with Crippen LogP contribution in [0.1, 0.15) is 44.1 Å². The Balaban J connectivity index is 1.72. The number of quaternary nitrogens is 1. The molecule has 1 aromatic carbocycles. The number of rotatable bonds is 6. The number of carbonyl (C=O) groups is 1. The van der Waals surface area contributed by atoms with E-state index in [-0.39, 0.29) is 12.1 Å². The third-order valence-corrected chi connectivity index (χ3v) is 5.64. The van der Waals surface area contributed by atoms with Gasteiger partial charge < -0.3 is 10.1 Å². The molecule has 2 unspecified atom stereocenters. The zero-order chi connectivity index (χ0) is 16.3. The van der Waals surface area contributed by atoms with Gasteiger partial charge in [-0.25, -0.2) is 0 Å². The lowest BCUT2D eigenvalue weighted by Crippen LogP contribution is -2.80. The third kappa shape index (κ3) is 3.07. The average Bonchev–Trinajstić information content (AvgIpc) is 3.06. The van der Waals surface area contributed by atoms with Gasteiger partial charge in [0.05, 0.1) is 19.0 Å². The van der Waals surface area contributed by atoms with E-state index >= 15 is 0 Å². The Hall–Kier alpha value is -1.61. The highest BCUT2D eigenvalue weighted by Gasteiger charge is 2.47. The highest BCUT2D eigenvalue weighted by molar-refractivity contribution is 5.84. The molecule has 0 radical (unpaired) electrons. The Kier molecular flexibility index (Phi) is 4.86. The van der Waals surface area contributed by atoms with Crippen LogP contribution in [-0.2, 0) is 14.9 Å². The summed E-state index contributed by atoms with van der Waals surface area (Å²) < 4.78 is 5.99. The Morgan fingerprint density at radius 2 is 2.00 bits per heavy atom.